The van der Waals surface area contributed by atoms with Crippen molar-refractivity contribution in [2.45, 2.75) is 29.6 Å². The quantitative estimate of drug-likeness (QED) is 0.194. The normalized spacial score (nSPS) is 27.0. The largest absolute Gasteiger partial charge is 0.493 e. The fourth-order valence-corrected chi connectivity index (χ4v) is 8.06. The van der Waals surface area contributed by atoms with E-state index in [2.05, 4.69) is 27.9 Å². The number of halogens is 1. The third-order valence-electron chi connectivity index (χ3n) is 9.26. The highest BCUT2D eigenvalue weighted by atomic mass is 127. The first-order valence-electron chi connectivity index (χ1n) is 14.4. The van der Waals surface area contributed by atoms with E-state index in [1.165, 1.54) is 14.2 Å². The number of carbonyl (C=O) groups is 3. The van der Waals surface area contributed by atoms with E-state index in [9.17, 15) is 19.5 Å². The van der Waals surface area contributed by atoms with Gasteiger partial charge in [0.25, 0.3) is 0 Å². The van der Waals surface area contributed by atoms with Crippen molar-refractivity contribution in [3.63, 3.8) is 0 Å². The van der Waals surface area contributed by atoms with Crippen LogP contribution >= 0.6 is 22.6 Å². The molecule has 0 aromatic heterocycles. The van der Waals surface area contributed by atoms with Crippen molar-refractivity contribution >= 4 is 46.1 Å². The van der Waals surface area contributed by atoms with E-state index in [0.29, 0.717) is 28.3 Å². The number of cyclic esters (lactones) is 1. The minimum atomic E-state index is -1.70. The maximum atomic E-state index is 14.6. The number of nitrogens with zero attached hydrogens (tertiary/aromatic N) is 1. The Morgan fingerprint density at radius 3 is 2.16 bits per heavy atom. The third-order valence-corrected chi connectivity index (χ3v) is 9.93. The molecule has 9 nitrogen and oxygen atoms in total. The topological polar surface area (TPSA) is 114 Å². The number of esters is 1. The molecule has 1 amide bonds. The summed E-state index contributed by atoms with van der Waals surface area (Å²) in [5.74, 6) is -3.04. The fraction of sp³-hybridized carbons (Fsp3) is 0.229. The number of morpholine rings is 1. The molecule has 3 aliphatic rings. The van der Waals surface area contributed by atoms with E-state index in [4.69, 9.17) is 14.2 Å². The van der Waals surface area contributed by atoms with Crippen LogP contribution in [0.3, 0.4) is 0 Å². The number of fused-ring (bicyclic) bond motifs is 3. The molecule has 2 fully saturated rings. The van der Waals surface area contributed by atoms with Crippen molar-refractivity contribution in [3.8, 4) is 11.5 Å². The van der Waals surface area contributed by atoms with Gasteiger partial charge in [0, 0.05) is 9.26 Å². The average molecular weight is 717 g/mol. The van der Waals surface area contributed by atoms with E-state index in [1.54, 1.807) is 18.2 Å². The van der Waals surface area contributed by atoms with Crippen LogP contribution in [-0.2, 0) is 24.5 Å². The molecule has 6 atom stereocenters. The fourth-order valence-electron chi connectivity index (χ4n) is 7.57. The molecule has 4 aromatic carbocycles. The van der Waals surface area contributed by atoms with Gasteiger partial charge in [-0.25, -0.2) is 0 Å². The molecule has 0 bridgehead atoms. The molecule has 0 saturated carbocycles. The number of nitrogens with one attached hydrogen (secondary N) is 1. The number of methoxy groups -OCH3 is 2. The van der Waals surface area contributed by atoms with Crippen molar-refractivity contribution in [3.05, 3.63) is 123 Å². The summed E-state index contributed by atoms with van der Waals surface area (Å²) in [5, 5.41) is 14.0. The van der Waals surface area contributed by atoms with Crippen LogP contribution in [0.25, 0.3) is 0 Å². The Bertz CT molecular complexity index is 1820. The Balaban J connectivity index is 1.58. The number of carbonyl (C=O) groups excluding carboxylic acids is 2. The van der Waals surface area contributed by atoms with Crippen molar-refractivity contribution < 1.29 is 33.7 Å². The molecule has 3 aliphatic heterocycles. The number of ether oxygens (including phenoxy) is 3. The van der Waals surface area contributed by atoms with E-state index in [-0.39, 0.29) is 0 Å². The monoisotopic (exact) mass is 716 g/mol. The van der Waals surface area contributed by atoms with Crippen LogP contribution in [0.1, 0.15) is 40.4 Å². The number of carboxylic acids is 1. The second-order valence-electron chi connectivity index (χ2n) is 11.4. The summed E-state index contributed by atoms with van der Waals surface area (Å²) in [5.41, 5.74) is 1.51. The molecular formula is C35H29IN2O7. The van der Waals surface area contributed by atoms with Crippen molar-refractivity contribution in [1.82, 2.24) is 4.90 Å². The Labute approximate surface area is 273 Å². The molecule has 0 radical (unpaired) electrons. The Hall–Kier alpha value is -4.42. The van der Waals surface area contributed by atoms with E-state index in [1.807, 2.05) is 83.8 Å². The van der Waals surface area contributed by atoms with Gasteiger partial charge in [0.15, 0.2) is 11.5 Å². The van der Waals surface area contributed by atoms with Crippen molar-refractivity contribution in [1.29, 1.82) is 0 Å². The zero-order valence-corrected chi connectivity index (χ0v) is 26.5. The first-order valence-corrected chi connectivity index (χ1v) is 15.5. The molecule has 3 heterocycles. The van der Waals surface area contributed by atoms with E-state index in [0.717, 1.165) is 14.7 Å². The van der Waals surface area contributed by atoms with Gasteiger partial charge >= 0.3 is 11.9 Å². The van der Waals surface area contributed by atoms with E-state index < -0.39 is 53.4 Å². The zero-order chi connectivity index (χ0) is 31.5. The van der Waals surface area contributed by atoms with Gasteiger partial charge in [-0.2, -0.15) is 0 Å². The lowest BCUT2D eigenvalue weighted by Crippen LogP contribution is -2.52. The Morgan fingerprint density at radius 2 is 1.51 bits per heavy atom. The summed E-state index contributed by atoms with van der Waals surface area (Å²) in [7, 11) is 3.05. The number of carboxylic acid groups (broad SMARTS) is 1. The number of anilines is 1. The maximum Gasteiger partial charge on any atom is 0.325 e. The SMILES string of the molecule is COc1ccc([C@H]2N3[C@H](C(=O)O[C@H](c4ccccc4)[C@@H]3c3ccccc3)[C@@H](C(=O)O)[C@]23C(=O)Nc2ccc(I)cc23)cc1OC. The van der Waals surface area contributed by atoms with E-state index >= 15 is 0 Å². The molecule has 10 heteroatoms. The first kappa shape index (κ1) is 29.3. The second-order valence-corrected chi connectivity index (χ2v) is 12.6. The molecule has 228 valence electrons. The van der Waals surface area contributed by atoms with Gasteiger partial charge in [-0.3, -0.25) is 19.3 Å². The molecule has 0 unspecified atom stereocenters. The van der Waals surface area contributed by atoms with Crippen LogP contribution in [0.2, 0.25) is 0 Å². The number of rotatable bonds is 6. The third kappa shape index (κ3) is 4.33. The molecule has 2 saturated heterocycles. The number of benzene rings is 4. The Morgan fingerprint density at radius 1 is 0.844 bits per heavy atom. The lowest BCUT2D eigenvalue weighted by Gasteiger charge is -2.46. The maximum absolute atomic E-state index is 14.6. The van der Waals surface area contributed by atoms with Gasteiger partial charge in [-0.05, 0) is 75.2 Å². The molecular weight excluding hydrogens is 687 g/mol. The molecule has 45 heavy (non-hydrogen) atoms. The predicted molar refractivity (Wildman–Crippen MR) is 173 cm³/mol. The molecule has 0 aliphatic carbocycles. The highest BCUT2D eigenvalue weighted by molar-refractivity contribution is 14.1. The van der Waals surface area contributed by atoms with Crippen LogP contribution in [0.5, 0.6) is 11.5 Å². The molecule has 2 N–H and O–H groups in total. The molecule has 7 rings (SSSR count). The van der Waals surface area contributed by atoms with Gasteiger partial charge in [0.05, 0.1) is 26.3 Å². The van der Waals surface area contributed by atoms with Crippen LogP contribution in [0, 0.1) is 9.49 Å². The average Bonchev–Trinajstić information content (AvgIpc) is 3.53. The lowest BCUT2D eigenvalue weighted by molar-refractivity contribution is -0.179. The summed E-state index contributed by atoms with van der Waals surface area (Å²) in [6.45, 7) is 0. The van der Waals surface area contributed by atoms with Gasteiger partial charge in [0.2, 0.25) is 5.91 Å². The zero-order valence-electron chi connectivity index (χ0n) is 24.3. The summed E-state index contributed by atoms with van der Waals surface area (Å²) in [4.78, 5) is 44.3. The standard InChI is InChI=1S/C35H29IN2O7/c1-43-25-16-13-21(17-26(25)44-2)31-35(23-18-22(36)14-15-24(23)37-34(35)42)27(32(39)40)29-33(41)45-30(20-11-7-4-8-12-20)28(38(29)31)19-9-5-3-6-10-19/h3-18,27-31H,1-2H3,(H,37,42)(H,39,40)/t27-,28-,29-,30+,31+,35-/m0/s1. The van der Waals surface area contributed by atoms with Crippen LogP contribution in [0.4, 0.5) is 5.69 Å². The summed E-state index contributed by atoms with van der Waals surface area (Å²) >= 11 is 2.16. The van der Waals surface area contributed by atoms with Gasteiger partial charge in [0.1, 0.15) is 23.5 Å². The summed E-state index contributed by atoms with van der Waals surface area (Å²) in [6.07, 6.45) is -0.788. The molecule has 1 spiro atoms. The van der Waals surface area contributed by atoms with Gasteiger partial charge < -0.3 is 24.6 Å². The Kier molecular flexibility index (Phi) is 7.28. The smallest absolute Gasteiger partial charge is 0.325 e. The summed E-state index contributed by atoms with van der Waals surface area (Å²) < 4.78 is 18.3. The van der Waals surface area contributed by atoms with Gasteiger partial charge in [-0.1, -0.05) is 66.7 Å². The highest BCUT2D eigenvalue weighted by Gasteiger charge is 2.74. The van der Waals surface area contributed by atoms with Crippen molar-refractivity contribution in [2.24, 2.45) is 5.92 Å². The van der Waals surface area contributed by atoms with Crippen LogP contribution in [0.15, 0.2) is 97.1 Å². The minimum Gasteiger partial charge on any atom is -0.493 e. The van der Waals surface area contributed by atoms with Crippen LogP contribution < -0.4 is 14.8 Å². The number of amides is 1. The predicted octanol–water partition coefficient (Wildman–Crippen LogP) is 5.66. The number of aliphatic carboxylic acids is 1. The summed E-state index contributed by atoms with van der Waals surface area (Å²) in [6, 6.07) is 26.9. The minimum absolute atomic E-state index is 0.414. The highest BCUT2D eigenvalue weighted by Crippen LogP contribution is 2.65. The molecule has 4 aromatic rings. The van der Waals surface area contributed by atoms with Gasteiger partial charge in [-0.15, -0.1) is 0 Å². The first-order chi connectivity index (χ1) is 21.8. The number of hydrogen-bond donors (Lipinski definition) is 2. The number of hydrogen-bond acceptors (Lipinski definition) is 7. The van der Waals surface area contributed by atoms with Crippen LogP contribution in [-0.4, -0.2) is 48.1 Å². The second kappa shape index (κ2) is 11.2. The lowest BCUT2D eigenvalue weighted by atomic mass is 9.65. The van der Waals surface area contributed by atoms with Crippen molar-refractivity contribution in [2.75, 3.05) is 19.5 Å².